The summed E-state index contributed by atoms with van der Waals surface area (Å²) in [5.74, 6) is -1.63. The van der Waals surface area contributed by atoms with Gasteiger partial charge in [-0.3, -0.25) is 9.59 Å². The van der Waals surface area contributed by atoms with Gasteiger partial charge in [-0.2, -0.15) is 13.5 Å². The standard InChI is InChI=1S/C18H20N4O4S/c1-12-8-9-16(20-19-12)27(25,26)21-18(24)15-10-17(23)22(11-15)13(2)14-6-4-3-5-7-14/h3-9,13,15H,10-11H2,1-2H3,(H,21,24). The zero-order chi connectivity index (χ0) is 19.6. The normalized spacial score (nSPS) is 18.4. The van der Waals surface area contributed by atoms with Gasteiger partial charge in [-0.25, -0.2) is 4.72 Å². The second-order valence-corrected chi connectivity index (χ2v) is 8.15. The molecule has 142 valence electrons. The molecule has 2 amide bonds. The van der Waals surface area contributed by atoms with Crippen molar-refractivity contribution in [3.8, 4) is 0 Å². The Morgan fingerprint density at radius 3 is 2.52 bits per heavy atom. The molecule has 1 fully saturated rings. The largest absolute Gasteiger partial charge is 0.335 e. The molecule has 1 aromatic heterocycles. The summed E-state index contributed by atoms with van der Waals surface area (Å²) in [6, 6.07) is 12.0. The van der Waals surface area contributed by atoms with Crippen LogP contribution in [0, 0.1) is 12.8 Å². The predicted octanol–water partition coefficient (Wildman–Crippen LogP) is 1.20. The Balaban J connectivity index is 1.69. The third-order valence-electron chi connectivity index (χ3n) is 4.56. The first-order chi connectivity index (χ1) is 12.8. The molecule has 0 aliphatic carbocycles. The Bertz CT molecular complexity index is 945. The van der Waals surface area contributed by atoms with E-state index in [1.54, 1.807) is 11.8 Å². The predicted molar refractivity (Wildman–Crippen MR) is 96.8 cm³/mol. The minimum Gasteiger partial charge on any atom is -0.335 e. The van der Waals surface area contributed by atoms with Crippen LogP contribution in [0.4, 0.5) is 0 Å². The van der Waals surface area contributed by atoms with Crippen LogP contribution in [0.3, 0.4) is 0 Å². The molecule has 27 heavy (non-hydrogen) atoms. The molecule has 1 aliphatic rings. The van der Waals surface area contributed by atoms with Crippen LogP contribution in [0.15, 0.2) is 47.5 Å². The summed E-state index contributed by atoms with van der Waals surface area (Å²) >= 11 is 0. The SMILES string of the molecule is Cc1ccc(S(=O)(=O)NC(=O)C2CC(=O)N(C(C)c3ccccc3)C2)nn1. The molecule has 2 atom stereocenters. The Kier molecular flexibility index (Phi) is 5.22. The van der Waals surface area contributed by atoms with Gasteiger partial charge in [-0.05, 0) is 31.5 Å². The summed E-state index contributed by atoms with van der Waals surface area (Å²) in [5.41, 5.74) is 1.52. The summed E-state index contributed by atoms with van der Waals surface area (Å²) in [7, 11) is -4.12. The number of benzene rings is 1. The first-order valence-electron chi connectivity index (χ1n) is 8.49. The molecule has 1 aliphatic heterocycles. The molecule has 8 nitrogen and oxygen atoms in total. The summed E-state index contributed by atoms with van der Waals surface area (Å²) in [4.78, 5) is 26.4. The second kappa shape index (κ2) is 7.43. The van der Waals surface area contributed by atoms with E-state index in [4.69, 9.17) is 0 Å². The van der Waals surface area contributed by atoms with Crippen molar-refractivity contribution in [1.82, 2.24) is 19.8 Å². The highest BCUT2D eigenvalue weighted by Crippen LogP contribution is 2.28. The van der Waals surface area contributed by atoms with E-state index in [1.807, 2.05) is 42.0 Å². The minimum atomic E-state index is -4.12. The number of nitrogens with zero attached hydrogens (tertiary/aromatic N) is 3. The number of carbonyl (C=O) groups is 2. The number of amides is 2. The highest BCUT2D eigenvalue weighted by Gasteiger charge is 2.38. The van der Waals surface area contributed by atoms with Crippen LogP contribution in [0.1, 0.15) is 30.6 Å². The minimum absolute atomic E-state index is 0.0297. The summed E-state index contributed by atoms with van der Waals surface area (Å²) < 4.78 is 26.6. The topological polar surface area (TPSA) is 109 Å². The average molecular weight is 388 g/mol. The van der Waals surface area contributed by atoms with Gasteiger partial charge in [0, 0.05) is 13.0 Å². The van der Waals surface area contributed by atoms with Crippen LogP contribution >= 0.6 is 0 Å². The lowest BCUT2D eigenvalue weighted by Crippen LogP contribution is -2.37. The van der Waals surface area contributed by atoms with Gasteiger partial charge in [0.2, 0.25) is 11.8 Å². The van der Waals surface area contributed by atoms with Crippen molar-refractivity contribution in [3.63, 3.8) is 0 Å². The lowest BCUT2D eigenvalue weighted by atomic mass is 10.1. The van der Waals surface area contributed by atoms with Gasteiger partial charge in [0.15, 0.2) is 5.03 Å². The fraction of sp³-hybridized carbons (Fsp3) is 0.333. The molecule has 0 spiro atoms. The quantitative estimate of drug-likeness (QED) is 0.824. The van der Waals surface area contributed by atoms with Gasteiger partial charge >= 0.3 is 0 Å². The fourth-order valence-corrected chi connectivity index (χ4v) is 3.92. The first-order valence-corrected chi connectivity index (χ1v) is 9.97. The van der Waals surface area contributed by atoms with Crippen LogP contribution in [0.2, 0.25) is 0 Å². The summed E-state index contributed by atoms with van der Waals surface area (Å²) in [6.45, 7) is 3.72. The molecule has 2 aromatic rings. The molecule has 0 radical (unpaired) electrons. The molecule has 1 saturated heterocycles. The first kappa shape index (κ1) is 19.0. The molecule has 2 unspecified atom stereocenters. The fourth-order valence-electron chi connectivity index (χ4n) is 2.99. The van der Waals surface area contributed by atoms with Crippen molar-refractivity contribution in [3.05, 3.63) is 53.7 Å². The Hall–Kier alpha value is -2.81. The molecular formula is C18H20N4O4S. The highest BCUT2D eigenvalue weighted by atomic mass is 32.2. The summed E-state index contributed by atoms with van der Waals surface area (Å²) in [5, 5.41) is 6.95. The number of sulfonamides is 1. The highest BCUT2D eigenvalue weighted by molar-refractivity contribution is 7.90. The van der Waals surface area contributed by atoms with E-state index in [0.717, 1.165) is 5.56 Å². The molecule has 3 rings (SSSR count). The Morgan fingerprint density at radius 2 is 1.89 bits per heavy atom. The Labute approximate surface area is 157 Å². The number of hydrogen-bond acceptors (Lipinski definition) is 6. The maximum absolute atomic E-state index is 12.4. The van der Waals surface area contributed by atoms with Crippen LogP contribution in [-0.4, -0.2) is 41.9 Å². The lowest BCUT2D eigenvalue weighted by molar-refractivity contribution is -0.130. The molecular weight excluding hydrogens is 368 g/mol. The van der Waals surface area contributed by atoms with Crippen molar-refractivity contribution in [2.24, 2.45) is 5.92 Å². The van der Waals surface area contributed by atoms with Crippen LogP contribution in [0.25, 0.3) is 0 Å². The number of aromatic nitrogens is 2. The average Bonchev–Trinajstić information content (AvgIpc) is 3.04. The van der Waals surface area contributed by atoms with Crippen molar-refractivity contribution in [2.45, 2.75) is 31.3 Å². The van der Waals surface area contributed by atoms with E-state index >= 15 is 0 Å². The number of likely N-dealkylation sites (tertiary alicyclic amines) is 1. The zero-order valence-corrected chi connectivity index (χ0v) is 15.8. The molecule has 9 heteroatoms. The monoisotopic (exact) mass is 388 g/mol. The van der Waals surface area contributed by atoms with E-state index in [1.165, 1.54) is 12.1 Å². The van der Waals surface area contributed by atoms with E-state index in [-0.39, 0.29) is 29.9 Å². The number of aryl methyl sites for hydroxylation is 1. The van der Waals surface area contributed by atoms with E-state index in [2.05, 4.69) is 10.2 Å². The molecule has 0 bridgehead atoms. The van der Waals surface area contributed by atoms with Gasteiger partial charge in [-0.1, -0.05) is 30.3 Å². The summed E-state index contributed by atoms with van der Waals surface area (Å²) in [6.07, 6.45) is -0.0297. The lowest BCUT2D eigenvalue weighted by Gasteiger charge is -2.25. The van der Waals surface area contributed by atoms with Gasteiger partial charge in [0.25, 0.3) is 10.0 Å². The van der Waals surface area contributed by atoms with Gasteiger partial charge in [0.1, 0.15) is 0 Å². The van der Waals surface area contributed by atoms with E-state index in [9.17, 15) is 18.0 Å². The van der Waals surface area contributed by atoms with Crippen molar-refractivity contribution >= 4 is 21.8 Å². The van der Waals surface area contributed by atoms with Crippen molar-refractivity contribution in [1.29, 1.82) is 0 Å². The van der Waals surface area contributed by atoms with Crippen molar-refractivity contribution < 1.29 is 18.0 Å². The van der Waals surface area contributed by atoms with Gasteiger partial charge in [0.05, 0.1) is 17.7 Å². The smallest absolute Gasteiger partial charge is 0.283 e. The number of carbonyl (C=O) groups excluding carboxylic acids is 2. The number of rotatable bonds is 5. The van der Waals surface area contributed by atoms with E-state index < -0.39 is 21.8 Å². The molecule has 1 aromatic carbocycles. The van der Waals surface area contributed by atoms with Crippen LogP contribution < -0.4 is 4.72 Å². The van der Waals surface area contributed by atoms with Crippen LogP contribution in [0.5, 0.6) is 0 Å². The second-order valence-electron chi connectivity index (χ2n) is 6.52. The number of nitrogens with one attached hydrogen (secondary N) is 1. The van der Waals surface area contributed by atoms with Crippen molar-refractivity contribution in [2.75, 3.05) is 6.54 Å². The van der Waals surface area contributed by atoms with Gasteiger partial charge < -0.3 is 4.90 Å². The number of hydrogen-bond donors (Lipinski definition) is 1. The Morgan fingerprint density at radius 1 is 1.19 bits per heavy atom. The van der Waals surface area contributed by atoms with Gasteiger partial charge in [-0.15, -0.1) is 5.10 Å². The maximum Gasteiger partial charge on any atom is 0.283 e. The third-order valence-corrected chi connectivity index (χ3v) is 5.80. The molecule has 2 heterocycles. The van der Waals surface area contributed by atoms with E-state index in [0.29, 0.717) is 5.69 Å². The molecule has 1 N–H and O–H groups in total. The zero-order valence-electron chi connectivity index (χ0n) is 15.0. The third kappa shape index (κ3) is 4.13. The maximum atomic E-state index is 12.4. The molecule has 0 saturated carbocycles. The van der Waals surface area contributed by atoms with Crippen LogP contribution in [-0.2, 0) is 19.6 Å².